The van der Waals surface area contributed by atoms with Crippen molar-refractivity contribution < 1.29 is 54.9 Å². The van der Waals surface area contributed by atoms with Crippen LogP contribution in [0.25, 0.3) is 10.8 Å². The second-order valence-electron chi connectivity index (χ2n) is 38.0. The lowest BCUT2D eigenvalue weighted by atomic mass is 9.93. The molecule has 0 N–H and O–H groups in total. The van der Waals surface area contributed by atoms with E-state index >= 15 is 13.2 Å². The normalized spacial score (nSPS) is 24.2. The predicted molar refractivity (Wildman–Crippen MR) is 489 cm³/mol. The lowest BCUT2D eigenvalue weighted by Crippen LogP contribution is -2.55. The van der Waals surface area contributed by atoms with Crippen molar-refractivity contribution in [1.82, 2.24) is 59.3 Å². The summed E-state index contributed by atoms with van der Waals surface area (Å²) in [4.78, 5) is 94.7. The van der Waals surface area contributed by atoms with E-state index in [1.807, 2.05) is 9.80 Å². The first-order chi connectivity index (χ1) is 63.7. The minimum atomic E-state index is -4.76. The number of hydrogen-bond donors (Lipinski definition) is 0. The molecule has 3 amide bonds. The van der Waals surface area contributed by atoms with Gasteiger partial charge in [0.2, 0.25) is 0 Å². The van der Waals surface area contributed by atoms with E-state index in [9.17, 15) is 43.3 Å². The third-order valence-corrected chi connectivity index (χ3v) is 31.5. The monoisotopic (exact) mass is 1870 g/mol. The number of alkyl halides is 3. The number of benzene rings is 4. The molecule has 132 heavy (non-hydrogen) atoms. The fraction of sp³-hybridized carbons (Fsp3) is 0.531. The summed E-state index contributed by atoms with van der Waals surface area (Å²) in [5.41, 5.74) is 8.78. The van der Waals surface area contributed by atoms with Crippen molar-refractivity contribution in [3.05, 3.63) is 170 Å². The van der Waals surface area contributed by atoms with Crippen LogP contribution in [0, 0.1) is 47.8 Å². The highest BCUT2D eigenvalue weighted by Gasteiger charge is 2.54. The highest BCUT2D eigenvalue weighted by atomic mass is 79.9. The van der Waals surface area contributed by atoms with Gasteiger partial charge in [0.15, 0.2) is 17.5 Å². The molecule has 4 unspecified atom stereocenters. The SMILES string of the molecule is C=C(F)C(=O)N1CCN(c2nc(OCC34CCCN3C(c3ccc(Br)c5c(N6CCc7c(nc(OCC89CCCN8C(Cc8cccc(N%10CCc%11c(nc(OCC%12%13CCCN%12CCC%13)nc%11N%11CCN(C(=O)C(=C)F)[C@@H](CC#N)C%11)C%10)c8C(F)(F)F)CC9)nc7N7CCN(C(=O)C(=C)F)[C@@H](CC#N)C7)C6)cccc35)CC4)nc3c2CCN(c2cccc(C)c2C)C3)C[C@@H]1CC#N. The Morgan fingerprint density at radius 1 is 0.477 bits per heavy atom. The molecule has 34 heteroatoms. The first kappa shape index (κ1) is 89.8. The molecule has 0 aliphatic carbocycles. The van der Waals surface area contributed by atoms with Gasteiger partial charge in [0.1, 0.15) is 37.3 Å². The van der Waals surface area contributed by atoms with Crippen LogP contribution < -0.4 is 43.6 Å². The Hall–Kier alpha value is -11.4. The lowest BCUT2D eigenvalue weighted by Gasteiger charge is -2.42. The third-order valence-electron chi connectivity index (χ3n) is 30.9. The van der Waals surface area contributed by atoms with Crippen LogP contribution in [0.4, 0.5) is 60.9 Å². The maximum absolute atomic E-state index is 16.4. The molecule has 3 aromatic heterocycles. The summed E-state index contributed by atoms with van der Waals surface area (Å²) in [5.74, 6) is -4.05. The van der Waals surface area contributed by atoms with Crippen LogP contribution in [-0.4, -0.2) is 242 Å². The zero-order valence-corrected chi connectivity index (χ0v) is 76.4. The van der Waals surface area contributed by atoms with Crippen LogP contribution in [0.2, 0.25) is 0 Å². The van der Waals surface area contributed by atoms with Gasteiger partial charge in [-0.25, -0.2) is 13.2 Å². The summed E-state index contributed by atoms with van der Waals surface area (Å²) >= 11 is 4.06. The molecule has 0 bridgehead atoms. The average Bonchev–Trinajstić information content (AvgIpc) is 1.54. The van der Waals surface area contributed by atoms with Crippen LogP contribution in [0.5, 0.6) is 18.0 Å². The van der Waals surface area contributed by atoms with Crippen LogP contribution in [0.3, 0.4) is 0 Å². The number of aromatic nitrogens is 6. The molecule has 9 saturated heterocycles. The Balaban J connectivity index is 0.582. The fourth-order valence-electron chi connectivity index (χ4n) is 24.3. The number of carbonyl (C=O) groups is 3. The van der Waals surface area contributed by atoms with Crippen LogP contribution >= 0.6 is 15.9 Å². The Labute approximate surface area is 773 Å². The number of amides is 3. The van der Waals surface area contributed by atoms with Gasteiger partial charge in [0, 0.05) is 134 Å². The Bertz CT molecular complexity index is 5880. The number of ether oxygens (including phenoxy) is 3. The second kappa shape index (κ2) is 36.5. The highest BCUT2D eigenvalue weighted by Crippen LogP contribution is 2.54. The Morgan fingerprint density at radius 3 is 1.39 bits per heavy atom. The van der Waals surface area contributed by atoms with Gasteiger partial charge in [0.05, 0.1) is 114 Å². The standard InChI is InChI=1S/C98H110BrF6N21O6/c1-61-13-6-16-80(62(61)2)115-42-26-73-77(55-115)109-94(114-86(73)118-45-48-122(89(127)63(3)100)68(52-118)23-35-106)132-60-97-32-12-41-126(97)81(22-34-97)71-19-20-76(99)84-72(71)15-8-17-82(84)116-43-27-74-78(56-116)110-93(113-87(74)119-46-49-123(90(128)64(4)101)69(53-119)24-36-107)131-59-96-31-11-40-125(96)67(21-33-96)51-66-14-7-18-83(85(66)98(103,104)105)117-44-28-75-79(57-117)111-92(130-58-95-29-9-38-121(95)39-10-30-95)112-88(75)120-47-50-124(91(129)65(5)102)70(54-120)25-37-108/h6-8,13-20,67-70,81H,3-5,9-12,21-34,38-60H2,1-2H3/t67?,68-,69-,70-,81?,96?,97?/m0/s1. The fourth-order valence-corrected chi connectivity index (χ4v) is 24.9. The van der Waals surface area contributed by atoms with Gasteiger partial charge in [-0.15, -0.1) is 0 Å². The molecule has 0 spiro atoms. The van der Waals surface area contributed by atoms with Crippen molar-refractivity contribution >= 4 is 78.9 Å². The number of fused-ring (bicyclic) bond motifs is 7. The van der Waals surface area contributed by atoms with E-state index in [4.69, 9.17) is 44.1 Å². The molecule has 12 aliphatic heterocycles. The van der Waals surface area contributed by atoms with Gasteiger partial charge in [-0.2, -0.15) is 58.9 Å². The summed E-state index contributed by atoms with van der Waals surface area (Å²) in [5, 5.41) is 32.2. The van der Waals surface area contributed by atoms with Gasteiger partial charge in [-0.05, 0) is 195 Å². The zero-order valence-electron chi connectivity index (χ0n) is 74.8. The van der Waals surface area contributed by atoms with Crippen molar-refractivity contribution in [2.45, 2.75) is 208 Å². The van der Waals surface area contributed by atoms with Crippen molar-refractivity contribution in [1.29, 1.82) is 15.8 Å². The smallest absolute Gasteiger partial charge is 0.418 e. The molecule has 692 valence electrons. The van der Waals surface area contributed by atoms with Crippen LogP contribution in [-0.2, 0) is 65.9 Å². The number of aryl methyl sites for hydroxylation is 1. The molecule has 0 radical (unpaired) electrons. The minimum absolute atomic E-state index is 0.00306. The second-order valence-corrected chi connectivity index (χ2v) is 38.9. The van der Waals surface area contributed by atoms with E-state index in [1.165, 1.54) is 31.4 Å². The molecule has 7 aromatic rings. The zero-order chi connectivity index (χ0) is 91.8. The summed E-state index contributed by atoms with van der Waals surface area (Å²) in [6.07, 6.45) is 6.95. The molecule has 0 saturated carbocycles. The maximum Gasteiger partial charge on any atom is 0.418 e. The molecule has 19 rings (SSSR count). The number of nitriles is 3. The van der Waals surface area contributed by atoms with Gasteiger partial charge in [-0.1, -0.05) is 78.1 Å². The Morgan fingerprint density at radius 2 is 0.902 bits per heavy atom. The van der Waals surface area contributed by atoms with Crippen molar-refractivity contribution in [3.8, 4) is 36.2 Å². The topological polar surface area (TPSA) is 266 Å². The minimum Gasteiger partial charge on any atom is -0.461 e. The van der Waals surface area contributed by atoms with Crippen molar-refractivity contribution in [3.63, 3.8) is 0 Å². The Kier molecular flexibility index (Phi) is 24.9. The number of carbonyl (C=O) groups excluding carboxylic acids is 3. The average molecular weight is 1870 g/mol. The molecule has 9 fully saturated rings. The molecule has 15 heterocycles. The summed E-state index contributed by atoms with van der Waals surface area (Å²) in [6, 6.07) is 26.9. The maximum atomic E-state index is 16.4. The number of hydrogen-bond acceptors (Lipinski definition) is 24. The molecule has 7 atom stereocenters. The summed E-state index contributed by atoms with van der Waals surface area (Å²) < 4.78 is 114. The number of piperazine rings is 3. The quantitative estimate of drug-likeness (QED) is 0.0402. The van der Waals surface area contributed by atoms with Crippen LogP contribution in [0.1, 0.15) is 164 Å². The van der Waals surface area contributed by atoms with E-state index in [-0.39, 0.29) is 157 Å². The first-order valence-corrected chi connectivity index (χ1v) is 47.4. The van der Waals surface area contributed by atoms with E-state index in [0.717, 1.165) is 145 Å². The van der Waals surface area contributed by atoms with Gasteiger partial charge >= 0.3 is 24.2 Å². The number of halogens is 7. The van der Waals surface area contributed by atoms with Crippen LogP contribution in [0.15, 0.2) is 108 Å². The van der Waals surface area contributed by atoms with E-state index in [1.54, 1.807) is 23.1 Å². The first-order valence-electron chi connectivity index (χ1n) is 46.6. The van der Waals surface area contributed by atoms with E-state index < -0.39 is 70.6 Å². The molecule has 27 nitrogen and oxygen atoms in total. The van der Waals surface area contributed by atoms with Gasteiger partial charge in [-0.3, -0.25) is 29.1 Å². The molecule has 12 aliphatic rings. The lowest BCUT2D eigenvalue weighted by molar-refractivity contribution is -0.138. The number of nitrogens with zero attached hydrogens (tertiary/aromatic N) is 21. The summed E-state index contributed by atoms with van der Waals surface area (Å²) in [6.45, 7) is 22.5. The molecular formula is C98H110BrF6N21O6. The van der Waals surface area contributed by atoms with Crippen molar-refractivity contribution in [2.24, 2.45) is 0 Å². The molecule has 4 aromatic carbocycles. The van der Waals surface area contributed by atoms with Gasteiger partial charge < -0.3 is 58.3 Å². The van der Waals surface area contributed by atoms with E-state index in [0.29, 0.717) is 94.8 Å². The third kappa shape index (κ3) is 16.8. The predicted octanol–water partition coefficient (Wildman–Crippen LogP) is 13.9. The largest absolute Gasteiger partial charge is 0.461 e. The highest BCUT2D eigenvalue weighted by molar-refractivity contribution is 9.10. The van der Waals surface area contributed by atoms with Gasteiger partial charge in [0.25, 0.3) is 17.7 Å². The number of rotatable bonds is 24. The van der Waals surface area contributed by atoms with Crippen molar-refractivity contribution in [2.75, 3.05) is 154 Å². The molecular weight excluding hydrogens is 1760 g/mol. The number of anilines is 6. The summed E-state index contributed by atoms with van der Waals surface area (Å²) in [7, 11) is 0. The van der Waals surface area contributed by atoms with E-state index in [2.05, 4.69) is 146 Å².